The first kappa shape index (κ1) is 14.4. The van der Waals surface area contributed by atoms with Crippen molar-refractivity contribution in [2.24, 2.45) is 5.73 Å². The second kappa shape index (κ2) is 6.29. The number of nitrogens with two attached hydrogens (primary N) is 1. The second-order valence-electron chi connectivity index (χ2n) is 3.52. The Morgan fingerprint density at radius 2 is 2.11 bits per heavy atom. The summed E-state index contributed by atoms with van der Waals surface area (Å²) in [6.45, 7) is 1.88. The predicted octanol–water partition coefficient (Wildman–Crippen LogP) is 1.27. The van der Waals surface area contributed by atoms with Crippen molar-refractivity contribution in [2.75, 3.05) is 6.61 Å². The molecule has 7 nitrogen and oxygen atoms in total. The smallest absolute Gasteiger partial charge is 0.330 e. The molecule has 0 spiro atoms. The first-order chi connectivity index (χ1) is 8.93. The maximum Gasteiger partial charge on any atom is 0.330 e. The van der Waals surface area contributed by atoms with Crippen molar-refractivity contribution in [1.82, 2.24) is 0 Å². The first-order valence-electron chi connectivity index (χ1n) is 5.38. The van der Waals surface area contributed by atoms with Gasteiger partial charge in [-0.15, -0.1) is 0 Å². The Morgan fingerprint density at radius 3 is 2.63 bits per heavy atom. The Morgan fingerprint density at radius 1 is 1.42 bits per heavy atom. The molecule has 0 aromatic heterocycles. The summed E-state index contributed by atoms with van der Waals surface area (Å²) in [4.78, 5) is 32.2. The van der Waals surface area contributed by atoms with Crippen molar-refractivity contribution in [1.29, 1.82) is 0 Å². The third-order valence-electron chi connectivity index (χ3n) is 2.13. The zero-order valence-electron chi connectivity index (χ0n) is 10.2. The Kier molecular flexibility index (Phi) is 4.76. The average Bonchev–Trinajstić information content (AvgIpc) is 2.36. The van der Waals surface area contributed by atoms with Crippen LogP contribution in [-0.4, -0.2) is 23.4 Å². The molecule has 1 amide bonds. The molecule has 0 saturated carbocycles. The van der Waals surface area contributed by atoms with E-state index in [-0.39, 0.29) is 17.9 Å². The van der Waals surface area contributed by atoms with Crippen LogP contribution in [0.5, 0.6) is 0 Å². The zero-order valence-corrected chi connectivity index (χ0v) is 10.2. The average molecular weight is 264 g/mol. The summed E-state index contributed by atoms with van der Waals surface area (Å²) in [5.41, 5.74) is 5.11. The van der Waals surface area contributed by atoms with E-state index in [1.54, 1.807) is 6.92 Å². The number of ether oxygens (including phenoxy) is 1. The van der Waals surface area contributed by atoms with Gasteiger partial charge in [0, 0.05) is 23.8 Å². The fraction of sp³-hybridized carbons (Fsp3) is 0.167. The van der Waals surface area contributed by atoms with Crippen LogP contribution in [0.4, 0.5) is 5.69 Å². The van der Waals surface area contributed by atoms with E-state index in [4.69, 9.17) is 5.73 Å². The summed E-state index contributed by atoms with van der Waals surface area (Å²) < 4.78 is 4.67. The fourth-order valence-corrected chi connectivity index (χ4v) is 1.33. The Bertz CT molecular complexity index is 519. The van der Waals surface area contributed by atoms with Gasteiger partial charge in [0.1, 0.15) is 0 Å². The number of nitro groups is 1. The molecule has 100 valence electrons. The molecule has 0 fully saturated rings. The number of carbonyl (C=O) groups is 2. The standard InChI is InChI=1S/C12H12N2O5/c1-2-19-11(15)4-3-8-5-9(12(13)16)7-10(6-8)14(17)18/h3-7H,2H2,1H3,(H2,13,16). The van der Waals surface area contributed by atoms with E-state index in [1.807, 2.05) is 0 Å². The van der Waals surface area contributed by atoms with Crippen molar-refractivity contribution in [2.45, 2.75) is 6.92 Å². The topological polar surface area (TPSA) is 113 Å². The van der Waals surface area contributed by atoms with Gasteiger partial charge in [-0.3, -0.25) is 14.9 Å². The van der Waals surface area contributed by atoms with Crippen LogP contribution < -0.4 is 5.73 Å². The summed E-state index contributed by atoms with van der Waals surface area (Å²) >= 11 is 0. The lowest BCUT2D eigenvalue weighted by Gasteiger charge is -2.00. The molecule has 0 radical (unpaired) electrons. The normalized spacial score (nSPS) is 10.4. The van der Waals surface area contributed by atoms with E-state index < -0.39 is 16.8 Å². The van der Waals surface area contributed by atoms with Gasteiger partial charge in [0.2, 0.25) is 5.91 Å². The summed E-state index contributed by atoms with van der Waals surface area (Å²) in [5, 5.41) is 10.7. The number of esters is 1. The van der Waals surface area contributed by atoms with Gasteiger partial charge in [-0.1, -0.05) is 0 Å². The van der Waals surface area contributed by atoms with E-state index in [9.17, 15) is 19.7 Å². The third kappa shape index (κ3) is 4.23. The second-order valence-corrected chi connectivity index (χ2v) is 3.52. The summed E-state index contributed by atoms with van der Waals surface area (Å²) in [5.74, 6) is -1.36. The monoisotopic (exact) mass is 264 g/mol. The van der Waals surface area contributed by atoms with E-state index in [0.29, 0.717) is 5.56 Å². The van der Waals surface area contributed by atoms with Gasteiger partial charge in [-0.2, -0.15) is 0 Å². The molecule has 1 rings (SSSR count). The van der Waals surface area contributed by atoms with Crippen molar-refractivity contribution in [3.05, 3.63) is 45.5 Å². The molecule has 7 heteroatoms. The summed E-state index contributed by atoms with van der Waals surface area (Å²) in [6, 6.07) is 3.65. The van der Waals surface area contributed by atoms with Gasteiger partial charge in [-0.05, 0) is 24.6 Å². The third-order valence-corrected chi connectivity index (χ3v) is 2.13. The first-order valence-corrected chi connectivity index (χ1v) is 5.38. The van der Waals surface area contributed by atoms with Crippen LogP contribution in [0.3, 0.4) is 0 Å². The van der Waals surface area contributed by atoms with Gasteiger partial charge in [0.05, 0.1) is 11.5 Å². The number of nitro benzene ring substituents is 1. The van der Waals surface area contributed by atoms with Crippen molar-refractivity contribution in [3.63, 3.8) is 0 Å². The largest absolute Gasteiger partial charge is 0.463 e. The highest BCUT2D eigenvalue weighted by Gasteiger charge is 2.11. The van der Waals surface area contributed by atoms with Crippen molar-refractivity contribution >= 4 is 23.6 Å². The molecule has 0 bridgehead atoms. The van der Waals surface area contributed by atoms with Crippen LogP contribution in [0.2, 0.25) is 0 Å². The fourth-order valence-electron chi connectivity index (χ4n) is 1.33. The maximum atomic E-state index is 11.1. The van der Waals surface area contributed by atoms with Gasteiger partial charge in [0.25, 0.3) is 5.69 Å². The number of benzene rings is 1. The SMILES string of the molecule is CCOC(=O)C=Cc1cc(C(N)=O)cc([N+](=O)[O-])c1. The Hall–Kier alpha value is -2.70. The molecule has 0 atom stereocenters. The van der Waals surface area contributed by atoms with E-state index in [1.165, 1.54) is 18.2 Å². The van der Waals surface area contributed by atoms with Gasteiger partial charge < -0.3 is 10.5 Å². The molecule has 0 aliphatic carbocycles. The number of hydrogen-bond donors (Lipinski definition) is 1. The number of carbonyl (C=O) groups excluding carboxylic acids is 2. The molecule has 0 unspecified atom stereocenters. The molecule has 19 heavy (non-hydrogen) atoms. The lowest BCUT2D eigenvalue weighted by atomic mass is 10.1. The molecule has 1 aromatic carbocycles. The van der Waals surface area contributed by atoms with E-state index >= 15 is 0 Å². The van der Waals surface area contributed by atoms with Crippen LogP contribution in [-0.2, 0) is 9.53 Å². The summed E-state index contributed by atoms with van der Waals surface area (Å²) in [7, 11) is 0. The highest BCUT2D eigenvalue weighted by atomic mass is 16.6. The van der Waals surface area contributed by atoms with E-state index in [2.05, 4.69) is 4.74 Å². The molecule has 0 saturated heterocycles. The minimum absolute atomic E-state index is 0.00212. The molecule has 0 aliphatic heterocycles. The number of hydrogen-bond acceptors (Lipinski definition) is 5. The number of amides is 1. The predicted molar refractivity (Wildman–Crippen MR) is 67.3 cm³/mol. The minimum atomic E-state index is -0.783. The number of rotatable bonds is 5. The van der Waals surface area contributed by atoms with Crippen LogP contribution in [0, 0.1) is 10.1 Å². The highest BCUT2D eigenvalue weighted by Crippen LogP contribution is 2.18. The van der Waals surface area contributed by atoms with Gasteiger partial charge >= 0.3 is 5.97 Å². The molecule has 1 aromatic rings. The van der Waals surface area contributed by atoms with Crippen molar-refractivity contribution in [3.8, 4) is 0 Å². The van der Waals surface area contributed by atoms with Crippen molar-refractivity contribution < 1.29 is 19.2 Å². The molecular weight excluding hydrogens is 252 g/mol. The lowest BCUT2D eigenvalue weighted by molar-refractivity contribution is -0.384. The van der Waals surface area contributed by atoms with Gasteiger partial charge in [-0.25, -0.2) is 4.79 Å². The number of non-ortho nitro benzene ring substituents is 1. The minimum Gasteiger partial charge on any atom is -0.463 e. The summed E-state index contributed by atoms with van der Waals surface area (Å²) in [6.07, 6.45) is 2.44. The van der Waals surface area contributed by atoms with Crippen LogP contribution in [0.25, 0.3) is 6.08 Å². The van der Waals surface area contributed by atoms with Gasteiger partial charge in [0.15, 0.2) is 0 Å². The molecular formula is C12H12N2O5. The number of nitrogens with zero attached hydrogens (tertiary/aromatic N) is 1. The zero-order chi connectivity index (χ0) is 14.4. The van der Waals surface area contributed by atoms with E-state index in [0.717, 1.165) is 12.1 Å². The molecule has 0 aliphatic rings. The molecule has 2 N–H and O–H groups in total. The Balaban J connectivity index is 3.10. The number of primary amides is 1. The Labute approximate surface area is 108 Å². The van der Waals surface area contributed by atoms with Crippen LogP contribution in [0.1, 0.15) is 22.8 Å². The lowest BCUT2D eigenvalue weighted by Crippen LogP contribution is -2.11. The maximum absolute atomic E-state index is 11.1. The van der Waals surface area contributed by atoms with Crippen LogP contribution in [0.15, 0.2) is 24.3 Å². The highest BCUT2D eigenvalue weighted by molar-refractivity contribution is 5.94. The molecule has 0 heterocycles. The van der Waals surface area contributed by atoms with Crippen LogP contribution >= 0.6 is 0 Å². The quantitative estimate of drug-likeness (QED) is 0.372.